The molecule has 0 aliphatic carbocycles. The van der Waals surface area contributed by atoms with Crippen LogP contribution in [0.15, 0.2) is 77.8 Å². The van der Waals surface area contributed by atoms with Crippen molar-refractivity contribution < 1.29 is 4.39 Å². The van der Waals surface area contributed by atoms with Gasteiger partial charge in [0, 0.05) is 16.6 Å². The van der Waals surface area contributed by atoms with Crippen molar-refractivity contribution in [3.63, 3.8) is 0 Å². The lowest BCUT2D eigenvalue weighted by atomic mass is 9.95. The fourth-order valence-corrected chi connectivity index (χ4v) is 3.85. The second-order valence-electron chi connectivity index (χ2n) is 6.57. The molecule has 0 aromatic heterocycles. The minimum Gasteiger partial charge on any atom is -0.352 e. The Morgan fingerprint density at radius 2 is 1.55 bits per heavy atom. The van der Waals surface area contributed by atoms with Gasteiger partial charge in [-0.2, -0.15) is 0 Å². The first-order valence-corrected chi connectivity index (χ1v) is 9.69. The fraction of sp³-hybridized carbons (Fsp3) is 0.136. The molecule has 1 aliphatic rings. The molecule has 2 unspecified atom stereocenters. The number of hydrogen-bond donors (Lipinski definition) is 2. The van der Waals surface area contributed by atoms with Gasteiger partial charge >= 0.3 is 0 Å². The smallest absolute Gasteiger partial charge is 0.192 e. The number of aliphatic imine (C=N–C) groups is 1. The van der Waals surface area contributed by atoms with Crippen molar-refractivity contribution in [2.45, 2.75) is 18.6 Å². The van der Waals surface area contributed by atoms with E-state index in [9.17, 15) is 4.39 Å². The standard InChI is InChI=1S/C22H18Cl2FN3.ClH/c23-18-10-3-1-8-16(18)20-21(17-9-2-4-11-19(17)24)28-22(27-20)26-13-14-6-5-7-15(25)12-14;/h1-12,20-21H,13H2,(H2,26,27,28);1H. The van der Waals surface area contributed by atoms with Gasteiger partial charge in [-0.3, -0.25) is 0 Å². The van der Waals surface area contributed by atoms with Gasteiger partial charge in [0.1, 0.15) is 11.9 Å². The van der Waals surface area contributed by atoms with Gasteiger partial charge in [-0.15, -0.1) is 12.4 Å². The highest BCUT2D eigenvalue weighted by Gasteiger charge is 2.33. The van der Waals surface area contributed by atoms with Gasteiger partial charge in [-0.25, -0.2) is 9.38 Å². The summed E-state index contributed by atoms with van der Waals surface area (Å²) < 4.78 is 13.4. The summed E-state index contributed by atoms with van der Waals surface area (Å²) in [6.07, 6.45) is 0. The van der Waals surface area contributed by atoms with Crippen LogP contribution in [-0.2, 0) is 6.54 Å². The van der Waals surface area contributed by atoms with E-state index in [2.05, 4.69) is 10.6 Å². The summed E-state index contributed by atoms with van der Waals surface area (Å²) in [4.78, 5) is 4.81. The zero-order valence-electron chi connectivity index (χ0n) is 15.3. The van der Waals surface area contributed by atoms with Gasteiger partial charge in [-0.1, -0.05) is 71.7 Å². The minimum absolute atomic E-state index is 0. The molecule has 0 saturated heterocycles. The molecule has 1 aliphatic heterocycles. The Labute approximate surface area is 185 Å². The van der Waals surface area contributed by atoms with Crippen LogP contribution >= 0.6 is 35.6 Å². The Morgan fingerprint density at radius 1 is 0.897 bits per heavy atom. The Balaban J connectivity index is 0.00000240. The van der Waals surface area contributed by atoms with Gasteiger partial charge < -0.3 is 10.6 Å². The van der Waals surface area contributed by atoms with Crippen LogP contribution in [0.5, 0.6) is 0 Å². The summed E-state index contributed by atoms with van der Waals surface area (Å²) in [6, 6.07) is 21.4. The lowest BCUT2D eigenvalue weighted by molar-refractivity contribution is 0.570. The van der Waals surface area contributed by atoms with E-state index < -0.39 is 0 Å². The minimum atomic E-state index is -0.261. The highest BCUT2D eigenvalue weighted by molar-refractivity contribution is 6.32. The van der Waals surface area contributed by atoms with E-state index in [1.54, 1.807) is 6.07 Å². The van der Waals surface area contributed by atoms with Crippen LogP contribution in [0.2, 0.25) is 10.0 Å². The van der Waals surface area contributed by atoms with Gasteiger partial charge in [0.2, 0.25) is 0 Å². The topological polar surface area (TPSA) is 36.4 Å². The Hall–Kier alpha value is -2.27. The summed E-state index contributed by atoms with van der Waals surface area (Å²) in [5.74, 6) is 0.364. The van der Waals surface area contributed by atoms with Crippen molar-refractivity contribution >= 4 is 41.6 Å². The Kier molecular flexibility index (Phi) is 7.01. The third kappa shape index (κ3) is 4.84. The number of benzene rings is 3. The van der Waals surface area contributed by atoms with Crippen molar-refractivity contribution in [1.29, 1.82) is 0 Å². The maximum atomic E-state index is 13.4. The molecule has 2 atom stereocenters. The summed E-state index contributed by atoms with van der Waals surface area (Å²) in [5.41, 5.74) is 2.70. The van der Waals surface area contributed by atoms with Crippen molar-refractivity contribution in [3.8, 4) is 0 Å². The third-order valence-electron chi connectivity index (χ3n) is 4.69. The molecule has 0 bridgehead atoms. The van der Waals surface area contributed by atoms with Crippen LogP contribution in [-0.4, -0.2) is 5.96 Å². The highest BCUT2D eigenvalue weighted by Crippen LogP contribution is 2.40. The predicted molar refractivity (Wildman–Crippen MR) is 119 cm³/mol. The summed E-state index contributed by atoms with van der Waals surface area (Å²) in [6.45, 7) is 0.452. The van der Waals surface area contributed by atoms with Gasteiger partial charge in [0.15, 0.2) is 5.96 Å². The van der Waals surface area contributed by atoms with Gasteiger partial charge in [0.25, 0.3) is 0 Å². The first-order chi connectivity index (χ1) is 13.6. The van der Waals surface area contributed by atoms with E-state index >= 15 is 0 Å². The molecule has 2 N–H and O–H groups in total. The molecular weight excluding hydrogens is 432 g/mol. The summed E-state index contributed by atoms with van der Waals surface area (Å²) >= 11 is 12.9. The van der Waals surface area contributed by atoms with Crippen LogP contribution in [0.25, 0.3) is 0 Å². The third-order valence-corrected chi connectivity index (χ3v) is 5.38. The SMILES string of the molecule is Cl.Fc1cccc(CNC2=NC(c3ccccc3Cl)C(c3ccccc3Cl)N2)c1. The van der Waals surface area contributed by atoms with Gasteiger partial charge in [-0.05, 0) is 41.0 Å². The van der Waals surface area contributed by atoms with Gasteiger partial charge in [0.05, 0.1) is 6.04 Å². The van der Waals surface area contributed by atoms with E-state index in [1.807, 2.05) is 54.6 Å². The molecule has 0 amide bonds. The van der Waals surface area contributed by atoms with Crippen molar-refractivity contribution in [2.24, 2.45) is 4.99 Å². The molecule has 3 nitrogen and oxygen atoms in total. The number of nitrogens with zero attached hydrogens (tertiary/aromatic N) is 1. The van der Waals surface area contributed by atoms with E-state index in [-0.39, 0.29) is 30.3 Å². The summed E-state index contributed by atoms with van der Waals surface area (Å²) in [7, 11) is 0. The maximum absolute atomic E-state index is 13.4. The average Bonchev–Trinajstić information content (AvgIpc) is 3.11. The molecule has 150 valence electrons. The van der Waals surface area contributed by atoms with Crippen LogP contribution in [0, 0.1) is 5.82 Å². The first kappa shape index (κ1) is 21.4. The highest BCUT2D eigenvalue weighted by atomic mass is 35.5. The zero-order valence-corrected chi connectivity index (χ0v) is 17.6. The molecule has 0 spiro atoms. The summed E-state index contributed by atoms with van der Waals surface area (Å²) in [5, 5.41) is 7.98. The molecule has 7 heteroatoms. The monoisotopic (exact) mass is 449 g/mol. The Bertz CT molecular complexity index is 1030. The molecule has 0 fully saturated rings. The molecule has 3 aromatic rings. The number of guanidine groups is 1. The molecule has 29 heavy (non-hydrogen) atoms. The zero-order chi connectivity index (χ0) is 19.5. The van der Waals surface area contributed by atoms with Crippen molar-refractivity contribution in [3.05, 3.63) is 105 Å². The first-order valence-electron chi connectivity index (χ1n) is 8.93. The molecule has 3 aromatic carbocycles. The second kappa shape index (κ2) is 9.49. The average molecular weight is 451 g/mol. The van der Waals surface area contributed by atoms with E-state index in [1.165, 1.54) is 12.1 Å². The Morgan fingerprint density at radius 3 is 2.21 bits per heavy atom. The maximum Gasteiger partial charge on any atom is 0.192 e. The van der Waals surface area contributed by atoms with Crippen LogP contribution in [0.3, 0.4) is 0 Å². The van der Waals surface area contributed by atoms with Crippen LogP contribution in [0.1, 0.15) is 28.8 Å². The molecular formula is C22H19Cl3FN3. The molecule has 0 saturated carbocycles. The van der Waals surface area contributed by atoms with E-state index in [0.29, 0.717) is 22.5 Å². The normalized spacial score (nSPS) is 17.8. The lowest BCUT2D eigenvalue weighted by Gasteiger charge is -2.21. The molecule has 4 rings (SSSR count). The molecule has 1 heterocycles. The van der Waals surface area contributed by atoms with E-state index in [4.69, 9.17) is 28.2 Å². The fourth-order valence-electron chi connectivity index (χ4n) is 3.35. The lowest BCUT2D eigenvalue weighted by Crippen LogP contribution is -2.35. The molecule has 0 radical (unpaired) electrons. The largest absolute Gasteiger partial charge is 0.352 e. The number of hydrogen-bond acceptors (Lipinski definition) is 3. The predicted octanol–water partition coefficient (Wildman–Crippen LogP) is 6.09. The van der Waals surface area contributed by atoms with Crippen LogP contribution < -0.4 is 10.6 Å². The number of rotatable bonds is 4. The second-order valence-corrected chi connectivity index (χ2v) is 7.39. The van der Waals surface area contributed by atoms with E-state index in [0.717, 1.165) is 16.7 Å². The van der Waals surface area contributed by atoms with Crippen molar-refractivity contribution in [1.82, 2.24) is 10.6 Å². The number of halogens is 4. The quantitative estimate of drug-likeness (QED) is 0.505. The number of nitrogens with one attached hydrogen (secondary N) is 2. The van der Waals surface area contributed by atoms with Crippen molar-refractivity contribution in [2.75, 3.05) is 0 Å². The van der Waals surface area contributed by atoms with Crippen LogP contribution in [0.4, 0.5) is 4.39 Å².